The lowest BCUT2D eigenvalue weighted by Gasteiger charge is -2.16. The van der Waals surface area contributed by atoms with Crippen molar-refractivity contribution < 1.29 is 27.7 Å². The summed E-state index contributed by atoms with van der Waals surface area (Å²) >= 11 is 0. The first-order valence-corrected chi connectivity index (χ1v) is 7.86. The minimum atomic E-state index is -4.32. The molecule has 0 radical (unpaired) electrons. The highest BCUT2D eigenvalue weighted by atomic mass is 32.2. The zero-order chi connectivity index (χ0) is 18.2. The van der Waals surface area contributed by atoms with Crippen molar-refractivity contribution in [2.24, 2.45) is 0 Å². The Hall–Kier alpha value is -2.73. The number of hydrogen-bond acceptors (Lipinski definition) is 9. The van der Waals surface area contributed by atoms with E-state index in [0.29, 0.717) is 0 Å². The third-order valence-corrected chi connectivity index (χ3v) is 4.99. The van der Waals surface area contributed by atoms with Gasteiger partial charge in [-0.25, -0.2) is 12.7 Å². The Bertz CT molecular complexity index is 904. The van der Waals surface area contributed by atoms with Gasteiger partial charge in [0.2, 0.25) is 27.5 Å². The number of nitro benzene ring substituents is 1. The second kappa shape index (κ2) is 6.05. The van der Waals surface area contributed by atoms with Crippen molar-refractivity contribution >= 4 is 15.7 Å². The van der Waals surface area contributed by atoms with Crippen LogP contribution < -0.4 is 4.74 Å². The van der Waals surface area contributed by atoms with Crippen molar-refractivity contribution in [2.45, 2.75) is 11.8 Å². The highest BCUT2D eigenvalue weighted by Gasteiger charge is 2.38. The number of nitro groups is 1. The van der Waals surface area contributed by atoms with Gasteiger partial charge >= 0.3 is 5.69 Å². The molecule has 0 aliphatic heterocycles. The number of rotatable bonds is 5. The van der Waals surface area contributed by atoms with Gasteiger partial charge in [-0.3, -0.25) is 10.1 Å². The molecule has 1 aromatic heterocycles. The monoisotopic (exact) mass is 358 g/mol. The molecule has 11 nitrogen and oxygen atoms in total. The van der Waals surface area contributed by atoms with Gasteiger partial charge in [-0.05, 0) is 6.07 Å². The zero-order valence-corrected chi connectivity index (χ0v) is 14.0. The minimum Gasteiger partial charge on any atom is -0.499 e. The average Bonchev–Trinajstić information content (AvgIpc) is 2.92. The van der Waals surface area contributed by atoms with E-state index in [-0.39, 0.29) is 23.0 Å². The number of methoxy groups -OCH3 is 1. The van der Waals surface area contributed by atoms with Crippen LogP contribution in [-0.4, -0.2) is 54.1 Å². The highest BCUT2D eigenvalue weighted by molar-refractivity contribution is 7.89. The molecule has 0 bridgehead atoms. The van der Waals surface area contributed by atoms with Crippen molar-refractivity contribution in [2.75, 3.05) is 21.2 Å². The van der Waals surface area contributed by atoms with Crippen LogP contribution in [0, 0.1) is 17.0 Å². The Morgan fingerprint density at radius 1 is 1.42 bits per heavy atom. The van der Waals surface area contributed by atoms with Gasteiger partial charge in [0, 0.05) is 21.0 Å². The number of phenols is 1. The Kier molecular flexibility index (Phi) is 4.44. The van der Waals surface area contributed by atoms with Crippen LogP contribution in [0.4, 0.5) is 5.69 Å². The maximum atomic E-state index is 12.6. The average molecular weight is 358 g/mol. The minimum absolute atomic E-state index is 0.132. The van der Waals surface area contributed by atoms with Crippen molar-refractivity contribution in [3.8, 4) is 22.9 Å². The molecule has 0 aliphatic carbocycles. The molecule has 0 unspecified atom stereocenters. The number of hydrogen-bond donors (Lipinski definition) is 1. The molecule has 2 rings (SSSR count). The summed E-state index contributed by atoms with van der Waals surface area (Å²) in [5.74, 6) is -1.26. The van der Waals surface area contributed by atoms with Crippen LogP contribution in [-0.2, 0) is 10.0 Å². The Morgan fingerprint density at radius 2 is 2.04 bits per heavy atom. The van der Waals surface area contributed by atoms with E-state index in [4.69, 9.17) is 9.26 Å². The van der Waals surface area contributed by atoms with Crippen LogP contribution in [0.1, 0.15) is 5.89 Å². The third kappa shape index (κ3) is 2.76. The van der Waals surface area contributed by atoms with Gasteiger partial charge in [0.05, 0.1) is 17.6 Å². The molecule has 0 spiro atoms. The summed E-state index contributed by atoms with van der Waals surface area (Å²) in [6.45, 7) is 1.47. The predicted octanol–water partition coefficient (Wildman–Crippen LogP) is 0.918. The number of nitrogens with zero attached hydrogens (tertiary/aromatic N) is 4. The number of ether oxygens (including phenoxy) is 1. The van der Waals surface area contributed by atoms with E-state index < -0.39 is 31.3 Å². The van der Waals surface area contributed by atoms with Crippen LogP contribution in [0.25, 0.3) is 11.4 Å². The van der Waals surface area contributed by atoms with Crippen LogP contribution in [0.5, 0.6) is 11.5 Å². The smallest absolute Gasteiger partial charge is 0.335 e. The number of sulfonamides is 1. The van der Waals surface area contributed by atoms with E-state index in [1.165, 1.54) is 28.1 Å². The summed E-state index contributed by atoms with van der Waals surface area (Å²) < 4.78 is 35.7. The molecule has 0 aliphatic rings. The van der Waals surface area contributed by atoms with Crippen LogP contribution in [0.3, 0.4) is 0 Å². The molecule has 1 heterocycles. The normalized spacial score (nSPS) is 11.7. The van der Waals surface area contributed by atoms with E-state index in [1.807, 2.05) is 0 Å². The molecule has 0 fully saturated rings. The van der Waals surface area contributed by atoms with Crippen molar-refractivity contribution in [3.05, 3.63) is 22.1 Å². The van der Waals surface area contributed by atoms with Gasteiger partial charge in [-0.2, -0.15) is 4.98 Å². The van der Waals surface area contributed by atoms with E-state index in [1.54, 1.807) is 0 Å². The highest BCUT2D eigenvalue weighted by Crippen LogP contribution is 2.46. The molecule has 1 aromatic carbocycles. The molecular formula is C12H14N4O7S. The first-order valence-electron chi connectivity index (χ1n) is 6.42. The van der Waals surface area contributed by atoms with Crippen LogP contribution in [0.15, 0.2) is 15.5 Å². The lowest BCUT2D eigenvalue weighted by molar-refractivity contribution is -0.388. The van der Waals surface area contributed by atoms with E-state index in [0.717, 1.165) is 10.4 Å². The summed E-state index contributed by atoms with van der Waals surface area (Å²) in [6, 6.07) is 1.10. The third-order valence-electron chi connectivity index (χ3n) is 3.10. The fraction of sp³-hybridized carbons (Fsp3) is 0.333. The van der Waals surface area contributed by atoms with E-state index >= 15 is 0 Å². The van der Waals surface area contributed by atoms with Gasteiger partial charge in [-0.1, -0.05) is 5.16 Å². The Labute approximate surface area is 136 Å². The molecule has 2 aromatic rings. The van der Waals surface area contributed by atoms with Crippen molar-refractivity contribution in [1.82, 2.24) is 14.4 Å². The van der Waals surface area contributed by atoms with Gasteiger partial charge in [-0.15, -0.1) is 0 Å². The lowest BCUT2D eigenvalue weighted by Crippen LogP contribution is -2.24. The van der Waals surface area contributed by atoms with Crippen molar-refractivity contribution in [3.63, 3.8) is 0 Å². The van der Waals surface area contributed by atoms with E-state index in [2.05, 4.69) is 10.1 Å². The number of benzene rings is 1. The second-order valence-corrected chi connectivity index (χ2v) is 6.92. The Morgan fingerprint density at radius 3 is 2.46 bits per heavy atom. The molecule has 0 amide bonds. The molecule has 24 heavy (non-hydrogen) atoms. The van der Waals surface area contributed by atoms with Crippen molar-refractivity contribution in [1.29, 1.82) is 0 Å². The number of phenolic OH excluding ortho intramolecular Hbond substituents is 1. The summed E-state index contributed by atoms with van der Waals surface area (Å²) in [5.41, 5.74) is -1.25. The van der Waals surface area contributed by atoms with Gasteiger partial charge in [0.1, 0.15) is 0 Å². The molecule has 0 saturated heterocycles. The SMILES string of the molecule is COc1cc(-c2noc(C)n2)c(S(=O)(=O)N(C)C)c([N+](=O)[O-])c1O. The molecule has 0 atom stereocenters. The van der Waals surface area contributed by atoms with Crippen LogP contribution >= 0.6 is 0 Å². The quantitative estimate of drug-likeness (QED) is 0.608. The molecule has 130 valence electrons. The fourth-order valence-corrected chi connectivity index (χ4v) is 3.17. The predicted molar refractivity (Wildman–Crippen MR) is 80.2 cm³/mol. The molecule has 12 heteroatoms. The standard InChI is InChI=1S/C12H14N4O7S/c1-6-13-12(14-23-6)7-5-8(22-4)10(17)9(16(18)19)11(7)24(20,21)15(2)3/h5,17H,1-4H3. The molecule has 0 saturated carbocycles. The topological polar surface area (TPSA) is 149 Å². The molecule has 1 N–H and O–H groups in total. The largest absolute Gasteiger partial charge is 0.499 e. The summed E-state index contributed by atoms with van der Waals surface area (Å²) in [4.78, 5) is 13.5. The van der Waals surface area contributed by atoms with E-state index in [9.17, 15) is 23.6 Å². The summed E-state index contributed by atoms with van der Waals surface area (Å²) in [7, 11) is -0.744. The first kappa shape index (κ1) is 17.6. The summed E-state index contributed by atoms with van der Waals surface area (Å²) in [6.07, 6.45) is 0. The molecular weight excluding hydrogens is 344 g/mol. The van der Waals surface area contributed by atoms with Gasteiger partial charge < -0.3 is 14.4 Å². The van der Waals surface area contributed by atoms with Crippen LogP contribution in [0.2, 0.25) is 0 Å². The number of aromatic nitrogens is 2. The number of aromatic hydroxyl groups is 1. The van der Waals surface area contributed by atoms with Gasteiger partial charge in [0.15, 0.2) is 10.6 Å². The maximum Gasteiger partial charge on any atom is 0.335 e. The first-order chi connectivity index (χ1) is 11.1. The fourth-order valence-electron chi connectivity index (χ4n) is 1.96. The van der Waals surface area contributed by atoms with Gasteiger partial charge in [0.25, 0.3) is 0 Å². The lowest BCUT2D eigenvalue weighted by atomic mass is 10.1. The second-order valence-electron chi connectivity index (χ2n) is 4.83. The summed E-state index contributed by atoms with van der Waals surface area (Å²) in [5, 5.41) is 25.1. The number of aryl methyl sites for hydroxylation is 1. The Balaban J connectivity index is 3.02. The maximum absolute atomic E-state index is 12.6. The zero-order valence-electron chi connectivity index (χ0n) is 13.2.